The second-order valence-electron chi connectivity index (χ2n) is 5.78. The number of aryl methyl sites for hydroxylation is 2. The predicted molar refractivity (Wildman–Crippen MR) is 87.4 cm³/mol. The first kappa shape index (κ1) is 15.4. The summed E-state index contributed by atoms with van der Waals surface area (Å²) in [6.07, 6.45) is 0.198. The molecule has 0 bridgehead atoms. The summed E-state index contributed by atoms with van der Waals surface area (Å²) in [5.74, 6) is 1.79. The van der Waals surface area contributed by atoms with E-state index in [1.54, 1.807) is 0 Å². The van der Waals surface area contributed by atoms with E-state index >= 15 is 0 Å². The largest absolute Gasteiger partial charge is 0.486 e. The number of esters is 1. The van der Waals surface area contributed by atoms with Crippen molar-refractivity contribution in [3.63, 3.8) is 0 Å². The molecule has 120 valence electrons. The highest BCUT2D eigenvalue weighted by Gasteiger charge is 2.15. The van der Waals surface area contributed by atoms with Gasteiger partial charge in [0.25, 0.3) is 0 Å². The number of carbonyl (C=O) groups is 1. The molecule has 1 aliphatic rings. The van der Waals surface area contributed by atoms with Crippen LogP contribution in [0.1, 0.15) is 22.3 Å². The third kappa shape index (κ3) is 3.31. The Hall–Kier alpha value is -2.49. The van der Waals surface area contributed by atoms with E-state index in [0.717, 1.165) is 28.0 Å². The molecule has 23 heavy (non-hydrogen) atoms. The topological polar surface area (TPSA) is 44.8 Å². The summed E-state index contributed by atoms with van der Waals surface area (Å²) < 4.78 is 16.6. The van der Waals surface area contributed by atoms with Crippen LogP contribution < -0.4 is 14.2 Å². The van der Waals surface area contributed by atoms with Gasteiger partial charge in [0.05, 0.1) is 6.42 Å². The van der Waals surface area contributed by atoms with Crippen molar-refractivity contribution in [2.24, 2.45) is 0 Å². The fourth-order valence-electron chi connectivity index (χ4n) is 2.60. The summed E-state index contributed by atoms with van der Waals surface area (Å²) in [6, 6.07) is 9.54. The van der Waals surface area contributed by atoms with Crippen LogP contribution in [-0.2, 0) is 11.2 Å². The van der Waals surface area contributed by atoms with Crippen molar-refractivity contribution in [1.29, 1.82) is 0 Å². The van der Waals surface area contributed by atoms with E-state index in [9.17, 15) is 4.79 Å². The number of ether oxygens (including phenoxy) is 3. The number of carbonyl (C=O) groups excluding carboxylic acids is 1. The van der Waals surface area contributed by atoms with Crippen LogP contribution >= 0.6 is 0 Å². The van der Waals surface area contributed by atoms with Crippen molar-refractivity contribution >= 4 is 5.97 Å². The maximum absolute atomic E-state index is 12.3. The Kier molecular flexibility index (Phi) is 4.24. The second kappa shape index (κ2) is 6.32. The quantitative estimate of drug-likeness (QED) is 0.642. The Morgan fingerprint density at radius 3 is 2.48 bits per heavy atom. The van der Waals surface area contributed by atoms with Gasteiger partial charge in [-0.05, 0) is 55.2 Å². The van der Waals surface area contributed by atoms with Gasteiger partial charge < -0.3 is 14.2 Å². The van der Waals surface area contributed by atoms with E-state index in [2.05, 4.69) is 0 Å². The number of hydrogen-bond donors (Lipinski definition) is 0. The highest BCUT2D eigenvalue weighted by atomic mass is 16.6. The SMILES string of the molecule is Cc1ccc(C)c(OC(=O)Cc2ccc3c(c2)OCCO3)c1C. The normalized spacial score (nSPS) is 12.8. The average molecular weight is 312 g/mol. The van der Waals surface area contributed by atoms with Gasteiger partial charge in [-0.25, -0.2) is 0 Å². The molecule has 0 saturated carbocycles. The Labute approximate surface area is 136 Å². The lowest BCUT2D eigenvalue weighted by Gasteiger charge is -2.18. The predicted octanol–water partition coefficient (Wildman–Crippen LogP) is 3.53. The van der Waals surface area contributed by atoms with Gasteiger partial charge in [0.2, 0.25) is 0 Å². The molecule has 1 heterocycles. The zero-order chi connectivity index (χ0) is 16.4. The molecular weight excluding hydrogens is 292 g/mol. The maximum atomic E-state index is 12.3. The molecule has 0 atom stereocenters. The van der Waals surface area contributed by atoms with Gasteiger partial charge in [0, 0.05) is 0 Å². The van der Waals surface area contributed by atoms with E-state index in [0.29, 0.717) is 24.7 Å². The van der Waals surface area contributed by atoms with E-state index < -0.39 is 0 Å². The molecule has 2 aromatic rings. The smallest absolute Gasteiger partial charge is 0.315 e. The van der Waals surface area contributed by atoms with Crippen LogP contribution in [0.3, 0.4) is 0 Å². The highest BCUT2D eigenvalue weighted by molar-refractivity contribution is 5.76. The zero-order valence-corrected chi connectivity index (χ0v) is 13.6. The number of fused-ring (bicyclic) bond motifs is 1. The lowest BCUT2D eigenvalue weighted by atomic mass is 10.1. The molecule has 0 unspecified atom stereocenters. The maximum Gasteiger partial charge on any atom is 0.315 e. The Bertz CT molecular complexity index is 749. The first-order valence-electron chi connectivity index (χ1n) is 7.70. The van der Waals surface area contributed by atoms with Crippen molar-refractivity contribution in [1.82, 2.24) is 0 Å². The van der Waals surface area contributed by atoms with Crippen LogP contribution in [0.2, 0.25) is 0 Å². The van der Waals surface area contributed by atoms with Crippen LogP contribution in [0.5, 0.6) is 17.2 Å². The third-order valence-electron chi connectivity index (χ3n) is 4.04. The minimum Gasteiger partial charge on any atom is -0.486 e. The summed E-state index contributed by atoms with van der Waals surface area (Å²) in [4.78, 5) is 12.3. The fourth-order valence-corrected chi connectivity index (χ4v) is 2.60. The van der Waals surface area contributed by atoms with Gasteiger partial charge in [-0.15, -0.1) is 0 Å². The summed E-state index contributed by atoms with van der Waals surface area (Å²) in [5, 5.41) is 0. The van der Waals surface area contributed by atoms with E-state index in [-0.39, 0.29) is 12.4 Å². The second-order valence-corrected chi connectivity index (χ2v) is 5.78. The molecule has 1 aliphatic heterocycles. The van der Waals surface area contributed by atoms with Gasteiger partial charge in [0.15, 0.2) is 11.5 Å². The van der Waals surface area contributed by atoms with Gasteiger partial charge in [0.1, 0.15) is 19.0 Å². The molecule has 0 aliphatic carbocycles. The van der Waals surface area contributed by atoms with Crippen molar-refractivity contribution < 1.29 is 19.0 Å². The van der Waals surface area contributed by atoms with Gasteiger partial charge >= 0.3 is 5.97 Å². The van der Waals surface area contributed by atoms with Gasteiger partial charge in [-0.2, -0.15) is 0 Å². The molecule has 0 radical (unpaired) electrons. The first-order valence-corrected chi connectivity index (χ1v) is 7.70. The van der Waals surface area contributed by atoms with Crippen LogP contribution in [0.4, 0.5) is 0 Å². The van der Waals surface area contributed by atoms with Crippen LogP contribution in [0.25, 0.3) is 0 Å². The number of benzene rings is 2. The number of rotatable bonds is 3. The van der Waals surface area contributed by atoms with Crippen LogP contribution in [-0.4, -0.2) is 19.2 Å². The van der Waals surface area contributed by atoms with E-state index in [1.165, 1.54) is 0 Å². The van der Waals surface area contributed by atoms with Gasteiger partial charge in [-0.3, -0.25) is 4.79 Å². The lowest BCUT2D eigenvalue weighted by molar-refractivity contribution is -0.133. The van der Waals surface area contributed by atoms with E-state index in [1.807, 2.05) is 51.1 Å². The van der Waals surface area contributed by atoms with Crippen molar-refractivity contribution in [3.05, 3.63) is 52.6 Å². The lowest BCUT2D eigenvalue weighted by Crippen LogP contribution is -2.16. The molecule has 3 rings (SSSR count). The van der Waals surface area contributed by atoms with Crippen LogP contribution in [0, 0.1) is 20.8 Å². The minimum absolute atomic E-state index is 0.198. The van der Waals surface area contributed by atoms with Gasteiger partial charge in [-0.1, -0.05) is 18.2 Å². The molecule has 0 aromatic heterocycles. The molecule has 4 nitrogen and oxygen atoms in total. The summed E-state index contributed by atoms with van der Waals surface area (Å²) in [6.45, 7) is 7.00. The molecule has 4 heteroatoms. The van der Waals surface area contributed by atoms with E-state index in [4.69, 9.17) is 14.2 Å². The first-order chi connectivity index (χ1) is 11.0. The van der Waals surface area contributed by atoms with Crippen molar-refractivity contribution in [2.45, 2.75) is 27.2 Å². The standard InChI is InChI=1S/C19H20O4/c1-12-4-5-13(2)19(14(12)3)23-18(20)11-15-6-7-16-17(10-15)22-9-8-21-16/h4-7,10H,8-9,11H2,1-3H3. The minimum atomic E-state index is -0.279. The Balaban J connectivity index is 1.74. The molecule has 0 fully saturated rings. The van der Waals surface area contributed by atoms with Crippen molar-refractivity contribution in [2.75, 3.05) is 13.2 Å². The molecule has 0 saturated heterocycles. The summed E-state index contributed by atoms with van der Waals surface area (Å²) in [7, 11) is 0. The monoisotopic (exact) mass is 312 g/mol. The molecule has 0 spiro atoms. The third-order valence-corrected chi connectivity index (χ3v) is 4.04. The zero-order valence-electron chi connectivity index (χ0n) is 13.6. The fraction of sp³-hybridized carbons (Fsp3) is 0.316. The van der Waals surface area contributed by atoms with Crippen LogP contribution in [0.15, 0.2) is 30.3 Å². The molecular formula is C19H20O4. The Morgan fingerprint density at radius 1 is 1.00 bits per heavy atom. The summed E-state index contributed by atoms with van der Waals surface area (Å²) in [5.41, 5.74) is 3.92. The molecule has 0 N–H and O–H groups in total. The Morgan fingerprint density at radius 2 is 1.70 bits per heavy atom. The van der Waals surface area contributed by atoms with Crippen molar-refractivity contribution in [3.8, 4) is 17.2 Å². The molecule has 0 amide bonds. The average Bonchev–Trinajstić information content (AvgIpc) is 2.55. The summed E-state index contributed by atoms with van der Waals surface area (Å²) >= 11 is 0. The number of hydrogen-bond acceptors (Lipinski definition) is 4. The molecule has 2 aromatic carbocycles. The highest BCUT2D eigenvalue weighted by Crippen LogP contribution is 2.31.